The zero-order valence-electron chi connectivity index (χ0n) is 9.51. The third-order valence-corrected chi connectivity index (χ3v) is 2.28. The minimum absolute atomic E-state index is 0.111. The van der Waals surface area contributed by atoms with Gasteiger partial charge in [-0.2, -0.15) is 0 Å². The van der Waals surface area contributed by atoms with Crippen LogP contribution in [-0.2, 0) is 0 Å². The highest BCUT2D eigenvalue weighted by Crippen LogP contribution is 2.05. The van der Waals surface area contributed by atoms with Crippen molar-refractivity contribution in [2.45, 2.75) is 39.5 Å². The number of amides is 1. The lowest BCUT2D eigenvalue weighted by molar-refractivity contribution is 0.0924. The van der Waals surface area contributed by atoms with E-state index >= 15 is 0 Å². The number of hydrogen-bond acceptors (Lipinski definition) is 2. The van der Waals surface area contributed by atoms with Gasteiger partial charge in [-0.1, -0.05) is 26.2 Å². The minimum Gasteiger partial charge on any atom is -0.456 e. The van der Waals surface area contributed by atoms with Crippen LogP contribution in [0.2, 0.25) is 0 Å². The topological polar surface area (TPSA) is 42.2 Å². The van der Waals surface area contributed by atoms with Gasteiger partial charge >= 0.3 is 0 Å². The Morgan fingerprint density at radius 2 is 2.13 bits per heavy atom. The van der Waals surface area contributed by atoms with Gasteiger partial charge in [0, 0.05) is 6.54 Å². The summed E-state index contributed by atoms with van der Waals surface area (Å²) >= 11 is 0. The Morgan fingerprint density at radius 3 is 2.73 bits per heavy atom. The van der Waals surface area contributed by atoms with Gasteiger partial charge in [-0.3, -0.25) is 4.79 Å². The van der Waals surface area contributed by atoms with Crippen LogP contribution < -0.4 is 5.32 Å². The van der Waals surface area contributed by atoms with Crippen LogP contribution in [0.3, 0.4) is 0 Å². The van der Waals surface area contributed by atoms with Crippen LogP contribution in [0, 0.1) is 6.92 Å². The minimum atomic E-state index is -0.111. The molecule has 1 aromatic rings. The van der Waals surface area contributed by atoms with Crippen LogP contribution in [0.1, 0.15) is 48.9 Å². The fraction of sp³-hybridized carbons (Fsp3) is 0.583. The Balaban J connectivity index is 2.19. The molecule has 0 unspecified atom stereocenters. The maximum absolute atomic E-state index is 11.5. The van der Waals surface area contributed by atoms with E-state index in [1.165, 1.54) is 19.3 Å². The van der Waals surface area contributed by atoms with Crippen molar-refractivity contribution in [1.29, 1.82) is 0 Å². The third-order valence-electron chi connectivity index (χ3n) is 2.28. The Labute approximate surface area is 90.9 Å². The molecule has 15 heavy (non-hydrogen) atoms. The molecule has 1 heterocycles. The first-order chi connectivity index (χ1) is 7.24. The molecule has 0 saturated carbocycles. The molecule has 1 rings (SSSR count). The predicted molar refractivity (Wildman–Crippen MR) is 59.9 cm³/mol. The summed E-state index contributed by atoms with van der Waals surface area (Å²) < 4.78 is 5.21. The first-order valence-corrected chi connectivity index (χ1v) is 5.58. The van der Waals surface area contributed by atoms with E-state index in [1.807, 2.05) is 6.92 Å². The maximum atomic E-state index is 11.5. The van der Waals surface area contributed by atoms with E-state index in [-0.39, 0.29) is 5.91 Å². The highest BCUT2D eigenvalue weighted by molar-refractivity contribution is 5.91. The van der Waals surface area contributed by atoms with E-state index in [1.54, 1.807) is 12.1 Å². The van der Waals surface area contributed by atoms with Crippen LogP contribution >= 0.6 is 0 Å². The Kier molecular flexibility index (Phi) is 4.95. The number of hydrogen-bond donors (Lipinski definition) is 1. The molecule has 1 amide bonds. The van der Waals surface area contributed by atoms with Crippen molar-refractivity contribution in [3.63, 3.8) is 0 Å². The molecule has 0 aliphatic carbocycles. The average Bonchev–Trinajstić information content (AvgIpc) is 2.64. The molecule has 1 aromatic heterocycles. The van der Waals surface area contributed by atoms with E-state index in [9.17, 15) is 4.79 Å². The van der Waals surface area contributed by atoms with Gasteiger partial charge in [0.05, 0.1) is 0 Å². The van der Waals surface area contributed by atoms with Crippen molar-refractivity contribution >= 4 is 5.91 Å². The van der Waals surface area contributed by atoms with Gasteiger partial charge in [-0.25, -0.2) is 0 Å². The Hall–Kier alpha value is -1.25. The molecule has 0 spiro atoms. The predicted octanol–water partition coefficient (Wildman–Crippen LogP) is 2.90. The largest absolute Gasteiger partial charge is 0.456 e. The van der Waals surface area contributed by atoms with Gasteiger partial charge in [0.2, 0.25) is 0 Å². The zero-order valence-corrected chi connectivity index (χ0v) is 9.51. The van der Waals surface area contributed by atoms with Crippen LogP contribution in [-0.4, -0.2) is 12.5 Å². The number of carbonyl (C=O) groups is 1. The summed E-state index contributed by atoms with van der Waals surface area (Å²) in [6.07, 6.45) is 4.66. The van der Waals surface area contributed by atoms with E-state index in [4.69, 9.17) is 4.42 Å². The van der Waals surface area contributed by atoms with E-state index in [0.29, 0.717) is 5.76 Å². The second kappa shape index (κ2) is 6.27. The fourth-order valence-electron chi connectivity index (χ4n) is 1.40. The zero-order chi connectivity index (χ0) is 11.1. The third kappa shape index (κ3) is 4.19. The van der Waals surface area contributed by atoms with Crippen LogP contribution in [0.5, 0.6) is 0 Å². The monoisotopic (exact) mass is 209 g/mol. The van der Waals surface area contributed by atoms with Crippen molar-refractivity contribution in [3.8, 4) is 0 Å². The van der Waals surface area contributed by atoms with Gasteiger partial charge in [-0.15, -0.1) is 0 Å². The second-order valence-corrected chi connectivity index (χ2v) is 3.73. The molecule has 0 aromatic carbocycles. The lowest BCUT2D eigenvalue weighted by atomic mass is 10.2. The maximum Gasteiger partial charge on any atom is 0.286 e. The number of unbranched alkanes of at least 4 members (excludes halogenated alkanes) is 3. The van der Waals surface area contributed by atoms with Crippen LogP contribution in [0.25, 0.3) is 0 Å². The lowest BCUT2D eigenvalue weighted by Crippen LogP contribution is -2.23. The summed E-state index contributed by atoms with van der Waals surface area (Å²) in [6.45, 7) is 4.74. The van der Waals surface area contributed by atoms with Gasteiger partial charge in [0.1, 0.15) is 5.76 Å². The number of nitrogens with one attached hydrogen (secondary N) is 1. The molecule has 0 atom stereocenters. The molecule has 0 saturated heterocycles. The van der Waals surface area contributed by atoms with E-state index in [0.717, 1.165) is 18.7 Å². The first kappa shape index (κ1) is 11.8. The highest BCUT2D eigenvalue weighted by atomic mass is 16.3. The van der Waals surface area contributed by atoms with Crippen molar-refractivity contribution < 1.29 is 9.21 Å². The summed E-state index contributed by atoms with van der Waals surface area (Å²) in [6, 6.07) is 3.50. The van der Waals surface area contributed by atoms with E-state index < -0.39 is 0 Å². The molecule has 0 radical (unpaired) electrons. The van der Waals surface area contributed by atoms with Gasteiger partial charge in [0.25, 0.3) is 5.91 Å². The summed E-state index contributed by atoms with van der Waals surface area (Å²) in [7, 11) is 0. The highest BCUT2D eigenvalue weighted by Gasteiger charge is 2.08. The number of aryl methyl sites for hydroxylation is 1. The quantitative estimate of drug-likeness (QED) is 0.732. The average molecular weight is 209 g/mol. The summed E-state index contributed by atoms with van der Waals surface area (Å²) in [5.74, 6) is 1.06. The van der Waals surface area contributed by atoms with Gasteiger partial charge in [-0.05, 0) is 25.5 Å². The molecule has 0 aliphatic heterocycles. The van der Waals surface area contributed by atoms with Crippen molar-refractivity contribution in [2.24, 2.45) is 0 Å². The molecule has 0 bridgehead atoms. The van der Waals surface area contributed by atoms with Crippen molar-refractivity contribution in [3.05, 3.63) is 23.7 Å². The number of furan rings is 1. The van der Waals surface area contributed by atoms with Crippen molar-refractivity contribution in [1.82, 2.24) is 5.32 Å². The fourth-order valence-corrected chi connectivity index (χ4v) is 1.40. The molecule has 3 nitrogen and oxygen atoms in total. The smallest absolute Gasteiger partial charge is 0.286 e. The number of carbonyl (C=O) groups excluding carboxylic acids is 1. The van der Waals surface area contributed by atoms with Gasteiger partial charge in [0.15, 0.2) is 5.76 Å². The van der Waals surface area contributed by atoms with E-state index in [2.05, 4.69) is 12.2 Å². The number of rotatable bonds is 6. The Morgan fingerprint density at radius 1 is 1.33 bits per heavy atom. The normalized spacial score (nSPS) is 10.3. The van der Waals surface area contributed by atoms with Gasteiger partial charge < -0.3 is 9.73 Å². The summed E-state index contributed by atoms with van der Waals surface area (Å²) in [5.41, 5.74) is 0. The molecule has 1 N–H and O–H groups in total. The molecule has 0 fully saturated rings. The first-order valence-electron chi connectivity index (χ1n) is 5.58. The molecular formula is C12H19NO2. The molecular weight excluding hydrogens is 190 g/mol. The van der Waals surface area contributed by atoms with Crippen molar-refractivity contribution in [2.75, 3.05) is 6.54 Å². The molecule has 0 aliphatic rings. The van der Waals surface area contributed by atoms with Crippen LogP contribution in [0.4, 0.5) is 0 Å². The second-order valence-electron chi connectivity index (χ2n) is 3.73. The Bertz CT molecular complexity index is 304. The molecule has 3 heteroatoms. The summed E-state index contributed by atoms with van der Waals surface area (Å²) in [5, 5.41) is 2.84. The van der Waals surface area contributed by atoms with Crippen LogP contribution in [0.15, 0.2) is 16.5 Å². The standard InChI is InChI=1S/C12H19NO2/c1-3-4-5-6-9-13-12(14)11-8-7-10(2)15-11/h7-8H,3-6,9H2,1-2H3,(H,13,14). The SMILES string of the molecule is CCCCCCNC(=O)c1ccc(C)o1. The molecule has 84 valence electrons. The lowest BCUT2D eigenvalue weighted by Gasteiger charge is -2.02. The summed E-state index contributed by atoms with van der Waals surface area (Å²) in [4.78, 5) is 11.5.